The van der Waals surface area contributed by atoms with Gasteiger partial charge in [0.15, 0.2) is 0 Å². The lowest BCUT2D eigenvalue weighted by Gasteiger charge is -2.13. The van der Waals surface area contributed by atoms with Crippen LogP contribution in [0.1, 0.15) is 18.9 Å². The zero-order valence-electron chi connectivity index (χ0n) is 10.3. The standard InChI is InChI=1S/C11H17N3O2S/c1-8-7-12-11(6-10(8)14(15)16)13-9(2)4-5-17-3/h6-7,9H,4-5H2,1-3H3,(H,12,13). The molecule has 6 heteroatoms. The topological polar surface area (TPSA) is 68.1 Å². The molecule has 0 amide bonds. The summed E-state index contributed by atoms with van der Waals surface area (Å²) in [5.74, 6) is 1.62. The molecule has 1 aromatic heterocycles. The van der Waals surface area contributed by atoms with Gasteiger partial charge in [-0.3, -0.25) is 10.1 Å². The van der Waals surface area contributed by atoms with E-state index in [0.717, 1.165) is 12.2 Å². The first-order valence-corrected chi connectivity index (χ1v) is 6.80. The maximum atomic E-state index is 10.8. The molecular formula is C11H17N3O2S. The summed E-state index contributed by atoms with van der Waals surface area (Å²) in [6, 6.07) is 1.75. The van der Waals surface area contributed by atoms with Gasteiger partial charge in [-0.25, -0.2) is 4.98 Å². The van der Waals surface area contributed by atoms with Crippen LogP contribution >= 0.6 is 11.8 Å². The van der Waals surface area contributed by atoms with Crippen molar-refractivity contribution in [1.29, 1.82) is 0 Å². The number of anilines is 1. The van der Waals surface area contributed by atoms with E-state index in [9.17, 15) is 10.1 Å². The molecule has 0 bridgehead atoms. The second-order valence-electron chi connectivity index (χ2n) is 3.94. The molecule has 0 aliphatic heterocycles. The van der Waals surface area contributed by atoms with Crippen LogP contribution in [0.15, 0.2) is 12.3 Å². The average Bonchev–Trinajstić information content (AvgIpc) is 2.28. The van der Waals surface area contributed by atoms with Gasteiger partial charge in [0.1, 0.15) is 5.82 Å². The summed E-state index contributed by atoms with van der Waals surface area (Å²) >= 11 is 1.78. The van der Waals surface area contributed by atoms with E-state index in [0.29, 0.717) is 11.4 Å². The van der Waals surface area contributed by atoms with Crippen molar-refractivity contribution < 1.29 is 4.92 Å². The molecule has 1 atom stereocenters. The zero-order valence-corrected chi connectivity index (χ0v) is 11.1. The molecule has 0 aromatic carbocycles. The molecule has 17 heavy (non-hydrogen) atoms. The Morgan fingerprint density at radius 2 is 2.35 bits per heavy atom. The van der Waals surface area contributed by atoms with Crippen LogP contribution in [0.25, 0.3) is 0 Å². The highest BCUT2D eigenvalue weighted by Gasteiger charge is 2.12. The lowest BCUT2D eigenvalue weighted by molar-refractivity contribution is -0.385. The summed E-state index contributed by atoms with van der Waals surface area (Å²) in [4.78, 5) is 14.5. The van der Waals surface area contributed by atoms with E-state index in [2.05, 4.69) is 16.6 Å². The van der Waals surface area contributed by atoms with E-state index >= 15 is 0 Å². The highest BCUT2D eigenvalue weighted by Crippen LogP contribution is 2.20. The van der Waals surface area contributed by atoms with Crippen LogP contribution in [-0.4, -0.2) is 28.0 Å². The molecule has 0 saturated heterocycles. The molecule has 0 radical (unpaired) electrons. The van der Waals surface area contributed by atoms with E-state index in [1.54, 1.807) is 18.7 Å². The first-order chi connectivity index (χ1) is 8.04. The Labute approximate surface area is 105 Å². The van der Waals surface area contributed by atoms with Crippen LogP contribution in [0.4, 0.5) is 11.5 Å². The minimum absolute atomic E-state index is 0.111. The number of rotatable bonds is 6. The first-order valence-electron chi connectivity index (χ1n) is 5.41. The summed E-state index contributed by atoms with van der Waals surface area (Å²) in [5.41, 5.74) is 0.692. The van der Waals surface area contributed by atoms with Crippen LogP contribution in [0.3, 0.4) is 0 Å². The fourth-order valence-corrected chi connectivity index (χ4v) is 2.00. The maximum absolute atomic E-state index is 10.8. The van der Waals surface area contributed by atoms with Crippen LogP contribution in [0.5, 0.6) is 0 Å². The van der Waals surface area contributed by atoms with Gasteiger partial charge in [-0.1, -0.05) is 0 Å². The van der Waals surface area contributed by atoms with Gasteiger partial charge in [-0.2, -0.15) is 11.8 Å². The minimum atomic E-state index is -0.380. The lowest BCUT2D eigenvalue weighted by Crippen LogP contribution is -2.17. The van der Waals surface area contributed by atoms with E-state index in [4.69, 9.17) is 0 Å². The highest BCUT2D eigenvalue weighted by atomic mass is 32.2. The van der Waals surface area contributed by atoms with Crippen molar-refractivity contribution in [2.45, 2.75) is 26.3 Å². The molecule has 0 spiro atoms. The fourth-order valence-electron chi connectivity index (χ4n) is 1.41. The van der Waals surface area contributed by atoms with Crippen LogP contribution < -0.4 is 5.32 Å². The van der Waals surface area contributed by atoms with Gasteiger partial charge in [0, 0.05) is 17.8 Å². The van der Waals surface area contributed by atoms with Gasteiger partial charge in [-0.15, -0.1) is 0 Å². The van der Waals surface area contributed by atoms with Crippen molar-refractivity contribution in [3.05, 3.63) is 27.9 Å². The Morgan fingerprint density at radius 3 is 2.94 bits per heavy atom. The number of pyridine rings is 1. The number of aromatic nitrogens is 1. The van der Waals surface area contributed by atoms with Gasteiger partial charge < -0.3 is 5.32 Å². The van der Waals surface area contributed by atoms with Crippen LogP contribution in [0, 0.1) is 17.0 Å². The third kappa shape index (κ3) is 4.22. The molecule has 94 valence electrons. The molecule has 0 aliphatic carbocycles. The number of nitrogens with one attached hydrogen (secondary N) is 1. The number of nitrogens with zero attached hydrogens (tertiary/aromatic N) is 2. The molecule has 1 rings (SSSR count). The van der Waals surface area contributed by atoms with Crippen molar-refractivity contribution in [1.82, 2.24) is 4.98 Å². The smallest absolute Gasteiger partial charge is 0.277 e. The molecular weight excluding hydrogens is 238 g/mol. The third-order valence-corrected chi connectivity index (χ3v) is 3.06. The Balaban J connectivity index is 2.72. The fraction of sp³-hybridized carbons (Fsp3) is 0.545. The third-order valence-electron chi connectivity index (χ3n) is 2.42. The van der Waals surface area contributed by atoms with Gasteiger partial charge in [0.2, 0.25) is 0 Å². The van der Waals surface area contributed by atoms with Crippen molar-refractivity contribution >= 4 is 23.3 Å². The zero-order chi connectivity index (χ0) is 12.8. The quantitative estimate of drug-likeness (QED) is 0.625. The summed E-state index contributed by atoms with van der Waals surface area (Å²) in [5, 5.41) is 13.9. The van der Waals surface area contributed by atoms with Gasteiger partial charge in [0.05, 0.1) is 11.0 Å². The van der Waals surface area contributed by atoms with Crippen LogP contribution in [0.2, 0.25) is 0 Å². The Hall–Kier alpha value is -1.30. The second kappa shape index (κ2) is 6.44. The Kier molecular flexibility index (Phi) is 5.21. The molecule has 1 aromatic rings. The van der Waals surface area contributed by atoms with Crippen molar-refractivity contribution in [3.8, 4) is 0 Å². The minimum Gasteiger partial charge on any atom is -0.367 e. The summed E-state index contributed by atoms with van der Waals surface area (Å²) in [7, 11) is 0. The number of hydrogen-bond acceptors (Lipinski definition) is 5. The molecule has 5 nitrogen and oxygen atoms in total. The molecule has 0 fully saturated rings. The predicted octanol–water partition coefficient (Wildman–Crippen LogP) is 2.85. The Bertz CT molecular complexity index is 398. The van der Waals surface area contributed by atoms with Crippen molar-refractivity contribution in [3.63, 3.8) is 0 Å². The van der Waals surface area contributed by atoms with E-state index < -0.39 is 0 Å². The van der Waals surface area contributed by atoms with E-state index in [1.807, 2.05) is 6.92 Å². The maximum Gasteiger partial charge on any atom is 0.277 e. The Morgan fingerprint density at radius 1 is 1.65 bits per heavy atom. The number of nitro groups is 1. The number of thioether (sulfide) groups is 1. The normalized spacial score (nSPS) is 12.2. The second-order valence-corrected chi connectivity index (χ2v) is 4.93. The molecule has 1 N–H and O–H groups in total. The SMILES string of the molecule is CSCCC(C)Nc1cc([N+](=O)[O-])c(C)cn1. The summed E-state index contributed by atoms with van der Waals surface area (Å²) in [6.45, 7) is 3.73. The number of hydrogen-bond donors (Lipinski definition) is 1. The first kappa shape index (κ1) is 13.8. The van der Waals surface area contributed by atoms with Gasteiger partial charge >= 0.3 is 0 Å². The lowest BCUT2D eigenvalue weighted by atomic mass is 10.2. The molecule has 1 unspecified atom stereocenters. The van der Waals surface area contributed by atoms with Gasteiger partial charge in [-0.05, 0) is 32.3 Å². The van der Waals surface area contributed by atoms with Crippen LogP contribution in [-0.2, 0) is 0 Å². The summed E-state index contributed by atoms with van der Waals surface area (Å²) in [6.07, 6.45) is 4.59. The molecule has 0 saturated carbocycles. The van der Waals surface area contributed by atoms with Crippen molar-refractivity contribution in [2.24, 2.45) is 0 Å². The highest BCUT2D eigenvalue weighted by molar-refractivity contribution is 7.98. The molecule has 1 heterocycles. The number of aryl methyl sites for hydroxylation is 1. The summed E-state index contributed by atoms with van der Waals surface area (Å²) < 4.78 is 0. The largest absolute Gasteiger partial charge is 0.367 e. The van der Waals surface area contributed by atoms with E-state index in [1.165, 1.54) is 12.3 Å². The molecule has 0 aliphatic rings. The average molecular weight is 255 g/mol. The van der Waals surface area contributed by atoms with Gasteiger partial charge in [0.25, 0.3) is 5.69 Å². The van der Waals surface area contributed by atoms with E-state index in [-0.39, 0.29) is 16.7 Å². The predicted molar refractivity (Wildman–Crippen MR) is 71.7 cm³/mol. The monoisotopic (exact) mass is 255 g/mol. The van der Waals surface area contributed by atoms with Crippen molar-refractivity contribution in [2.75, 3.05) is 17.3 Å².